The summed E-state index contributed by atoms with van der Waals surface area (Å²) >= 11 is 6.46. The molecule has 0 saturated heterocycles. The first-order valence-corrected chi connectivity index (χ1v) is 11.7. The minimum Gasteiger partial charge on any atom is -0.399 e. The molecule has 2 aromatic heterocycles. The third-order valence-electron chi connectivity index (χ3n) is 6.41. The maximum Gasteiger partial charge on any atom is 0.223 e. The van der Waals surface area contributed by atoms with Crippen molar-refractivity contribution in [1.29, 1.82) is 0 Å². The Morgan fingerprint density at radius 2 is 1.97 bits per heavy atom. The van der Waals surface area contributed by atoms with E-state index in [1.165, 1.54) is 0 Å². The highest BCUT2D eigenvalue weighted by Gasteiger charge is 2.27. The fourth-order valence-corrected chi connectivity index (χ4v) is 4.86. The lowest BCUT2D eigenvalue weighted by atomic mass is 9.81. The smallest absolute Gasteiger partial charge is 0.223 e. The Hall–Kier alpha value is -3.38. The zero-order valence-electron chi connectivity index (χ0n) is 18.2. The Balaban J connectivity index is 1.29. The van der Waals surface area contributed by atoms with E-state index >= 15 is 0 Å². The lowest BCUT2D eigenvalue weighted by Gasteiger charge is -2.29. The van der Waals surface area contributed by atoms with Crippen molar-refractivity contribution >= 4 is 39.9 Å². The molecule has 0 bridgehead atoms. The second-order valence-corrected chi connectivity index (χ2v) is 9.13. The average molecular weight is 460 g/mol. The Labute approximate surface area is 197 Å². The molecule has 0 spiro atoms. The zero-order chi connectivity index (χ0) is 22.8. The molecule has 6 nitrogen and oxygen atoms in total. The van der Waals surface area contributed by atoms with Crippen molar-refractivity contribution in [1.82, 2.24) is 15.0 Å². The molecule has 1 fully saturated rings. The molecule has 0 amide bonds. The van der Waals surface area contributed by atoms with E-state index in [1.54, 1.807) is 6.20 Å². The van der Waals surface area contributed by atoms with Crippen LogP contribution in [0.4, 0.5) is 11.6 Å². The molecule has 4 N–H and O–H groups in total. The summed E-state index contributed by atoms with van der Waals surface area (Å²) in [6, 6.07) is 15.8. The van der Waals surface area contributed by atoms with Gasteiger partial charge in [0.05, 0.1) is 16.9 Å². The van der Waals surface area contributed by atoms with Crippen LogP contribution in [0, 0.1) is 5.92 Å². The highest BCUT2D eigenvalue weighted by molar-refractivity contribution is 6.33. The number of rotatable bonds is 6. The van der Waals surface area contributed by atoms with Gasteiger partial charge in [0.25, 0.3) is 0 Å². The van der Waals surface area contributed by atoms with Crippen LogP contribution in [-0.2, 0) is 11.2 Å². The predicted octanol–water partition coefficient (Wildman–Crippen LogP) is 5.64. The van der Waals surface area contributed by atoms with Crippen molar-refractivity contribution in [2.24, 2.45) is 5.92 Å². The van der Waals surface area contributed by atoms with Crippen LogP contribution in [0.3, 0.4) is 0 Å². The number of para-hydroxylation sites is 1. The summed E-state index contributed by atoms with van der Waals surface area (Å²) in [6.45, 7) is 0. The second-order valence-electron chi connectivity index (χ2n) is 8.73. The fraction of sp³-hybridized carbons (Fsp3) is 0.269. The van der Waals surface area contributed by atoms with E-state index < -0.39 is 0 Å². The minimum absolute atomic E-state index is 0.0363. The molecule has 2 heterocycles. The number of aromatic amines is 1. The van der Waals surface area contributed by atoms with Crippen LogP contribution in [0.15, 0.2) is 60.9 Å². The normalized spacial score (nSPS) is 18.3. The highest BCUT2D eigenvalue weighted by atomic mass is 35.5. The van der Waals surface area contributed by atoms with Gasteiger partial charge >= 0.3 is 0 Å². The van der Waals surface area contributed by atoms with Crippen LogP contribution in [0.25, 0.3) is 22.2 Å². The number of nitrogen functional groups attached to an aromatic ring is 1. The van der Waals surface area contributed by atoms with Gasteiger partial charge in [-0.05, 0) is 43.0 Å². The number of H-pyrrole nitrogens is 1. The van der Waals surface area contributed by atoms with E-state index in [2.05, 4.69) is 15.3 Å². The van der Waals surface area contributed by atoms with Crippen LogP contribution in [0.1, 0.15) is 31.2 Å². The summed E-state index contributed by atoms with van der Waals surface area (Å²) in [5, 5.41) is 5.02. The van der Waals surface area contributed by atoms with Crippen LogP contribution >= 0.6 is 11.6 Å². The summed E-state index contributed by atoms with van der Waals surface area (Å²) in [7, 11) is 0. The molecule has 7 heteroatoms. The molecule has 1 saturated carbocycles. The Bertz CT molecular complexity index is 1280. The molecule has 0 unspecified atom stereocenters. The van der Waals surface area contributed by atoms with E-state index in [0.29, 0.717) is 28.8 Å². The van der Waals surface area contributed by atoms with Crippen molar-refractivity contribution < 1.29 is 4.79 Å². The molecule has 0 aliphatic heterocycles. The Kier molecular flexibility index (Phi) is 6.01. The maximum atomic E-state index is 12.9. The van der Waals surface area contributed by atoms with Gasteiger partial charge in [-0.25, -0.2) is 9.97 Å². The summed E-state index contributed by atoms with van der Waals surface area (Å²) in [5.74, 6) is 0.855. The number of carbonyl (C=O) groups is 1. The standard InChI is InChI=1S/C26H26ClN5O/c27-22-15-30-26(32-25(22)21-14-29-23-7-2-1-6-20(21)23)31-19-5-3-4-17(13-19)24(33)12-16-8-10-18(28)11-9-16/h1-2,6-11,14-15,17,19,29H,3-5,12-13,28H2,(H,30,31,32)/t17-,19+/m0/s1. The first kappa shape index (κ1) is 21.5. The van der Waals surface area contributed by atoms with E-state index in [9.17, 15) is 4.79 Å². The van der Waals surface area contributed by atoms with Gasteiger partial charge in [-0.2, -0.15) is 0 Å². The first-order chi connectivity index (χ1) is 16.1. The number of Topliss-reactive ketones (excluding diaryl/α,β-unsaturated/α-hetero) is 1. The molecule has 2 atom stereocenters. The van der Waals surface area contributed by atoms with Gasteiger partial charge in [0.2, 0.25) is 5.95 Å². The molecule has 1 aliphatic carbocycles. The Morgan fingerprint density at radius 1 is 1.15 bits per heavy atom. The number of anilines is 2. The van der Waals surface area contributed by atoms with E-state index in [4.69, 9.17) is 22.3 Å². The zero-order valence-corrected chi connectivity index (χ0v) is 19.0. The number of nitrogens with one attached hydrogen (secondary N) is 2. The van der Waals surface area contributed by atoms with Gasteiger partial charge in [0, 0.05) is 46.7 Å². The molecule has 5 rings (SSSR count). The van der Waals surface area contributed by atoms with E-state index in [1.807, 2.05) is 54.7 Å². The quantitative estimate of drug-likeness (QED) is 0.324. The van der Waals surface area contributed by atoms with E-state index in [0.717, 1.165) is 47.7 Å². The Morgan fingerprint density at radius 3 is 2.82 bits per heavy atom. The number of hydrogen-bond donors (Lipinski definition) is 3. The topological polar surface area (TPSA) is 96.7 Å². The molecule has 4 aromatic rings. The fourth-order valence-electron chi connectivity index (χ4n) is 4.67. The van der Waals surface area contributed by atoms with Crippen molar-refractivity contribution in [3.63, 3.8) is 0 Å². The lowest BCUT2D eigenvalue weighted by Crippen LogP contribution is -2.32. The summed E-state index contributed by atoms with van der Waals surface area (Å²) in [6.07, 6.45) is 7.70. The SMILES string of the molecule is Nc1ccc(CC(=O)[C@H]2CCC[C@@H](Nc3ncc(Cl)c(-c4c[nH]c5ccccc45)n3)C2)cc1. The number of nitrogens with two attached hydrogens (primary N) is 1. The number of benzene rings is 2. The number of ketones is 1. The van der Waals surface area contributed by atoms with Gasteiger partial charge in [-0.3, -0.25) is 4.79 Å². The molecule has 33 heavy (non-hydrogen) atoms. The molecule has 168 valence electrons. The molecule has 2 aromatic carbocycles. The lowest BCUT2D eigenvalue weighted by molar-refractivity contribution is -0.123. The molecular weight excluding hydrogens is 434 g/mol. The maximum absolute atomic E-state index is 12.9. The predicted molar refractivity (Wildman–Crippen MR) is 133 cm³/mol. The molecular formula is C26H26ClN5O. The number of halogens is 1. The van der Waals surface area contributed by atoms with Crippen LogP contribution < -0.4 is 11.1 Å². The van der Waals surface area contributed by atoms with Crippen LogP contribution in [0.2, 0.25) is 5.02 Å². The third-order valence-corrected chi connectivity index (χ3v) is 6.69. The summed E-state index contributed by atoms with van der Waals surface area (Å²) in [5.41, 5.74) is 10.1. The number of carbonyl (C=O) groups excluding carboxylic acids is 1. The van der Waals surface area contributed by atoms with Crippen molar-refractivity contribution in [3.05, 3.63) is 71.5 Å². The van der Waals surface area contributed by atoms with Crippen LogP contribution in [0.5, 0.6) is 0 Å². The second kappa shape index (κ2) is 9.24. The van der Waals surface area contributed by atoms with Gasteiger partial charge in [0.15, 0.2) is 0 Å². The largest absolute Gasteiger partial charge is 0.399 e. The summed E-state index contributed by atoms with van der Waals surface area (Å²) < 4.78 is 0. The van der Waals surface area contributed by atoms with Gasteiger partial charge in [-0.1, -0.05) is 48.4 Å². The summed E-state index contributed by atoms with van der Waals surface area (Å²) in [4.78, 5) is 25.3. The molecule has 1 aliphatic rings. The minimum atomic E-state index is 0.0363. The number of fused-ring (bicyclic) bond motifs is 1. The first-order valence-electron chi connectivity index (χ1n) is 11.3. The average Bonchev–Trinajstić information content (AvgIpc) is 3.26. The van der Waals surface area contributed by atoms with E-state index in [-0.39, 0.29) is 17.7 Å². The van der Waals surface area contributed by atoms with Crippen molar-refractivity contribution in [2.75, 3.05) is 11.1 Å². The van der Waals surface area contributed by atoms with Gasteiger partial charge < -0.3 is 16.0 Å². The van der Waals surface area contributed by atoms with Crippen molar-refractivity contribution in [3.8, 4) is 11.3 Å². The van der Waals surface area contributed by atoms with Gasteiger partial charge in [0.1, 0.15) is 5.78 Å². The highest BCUT2D eigenvalue weighted by Crippen LogP contribution is 2.33. The monoisotopic (exact) mass is 459 g/mol. The third kappa shape index (κ3) is 4.71. The number of aromatic nitrogens is 3. The van der Waals surface area contributed by atoms with Crippen LogP contribution in [-0.4, -0.2) is 26.8 Å². The van der Waals surface area contributed by atoms with Crippen molar-refractivity contribution in [2.45, 2.75) is 38.1 Å². The number of hydrogen-bond acceptors (Lipinski definition) is 5. The molecule has 0 radical (unpaired) electrons. The number of nitrogens with zero attached hydrogens (tertiary/aromatic N) is 2. The van der Waals surface area contributed by atoms with Gasteiger partial charge in [-0.15, -0.1) is 0 Å².